The standard InChI is InChI=1S/C26H24INO5S/c27-26(25(30)31)16-19(18-34(32,33)22-14-8-3-9-15-22)17-28(26)24(29)23(20-10-4-1-5-11-20)21-12-6-2-7-13-21/h1-15,19,23H,16-18H2,(H,30,31)/t19-,26+/m0/s1. The number of amides is 1. The lowest BCUT2D eigenvalue weighted by molar-refractivity contribution is -0.149. The van der Waals surface area contributed by atoms with Crippen LogP contribution in [0.15, 0.2) is 95.9 Å². The van der Waals surface area contributed by atoms with Crippen molar-refractivity contribution in [2.75, 3.05) is 12.3 Å². The fraction of sp³-hybridized carbons (Fsp3) is 0.231. The van der Waals surface area contributed by atoms with Gasteiger partial charge >= 0.3 is 5.97 Å². The van der Waals surface area contributed by atoms with Gasteiger partial charge < -0.3 is 10.0 Å². The number of hydrogen-bond donors (Lipinski definition) is 1. The minimum atomic E-state index is -3.63. The van der Waals surface area contributed by atoms with E-state index in [2.05, 4.69) is 0 Å². The Morgan fingerprint density at radius 3 is 1.85 bits per heavy atom. The normalized spacial score (nSPS) is 20.4. The minimum absolute atomic E-state index is 0.0519. The van der Waals surface area contributed by atoms with E-state index in [1.807, 2.05) is 60.7 Å². The monoisotopic (exact) mass is 589 g/mol. The summed E-state index contributed by atoms with van der Waals surface area (Å²) in [4.78, 5) is 27.9. The highest BCUT2D eigenvalue weighted by Gasteiger charge is 2.53. The van der Waals surface area contributed by atoms with Gasteiger partial charge in [0.25, 0.3) is 0 Å². The van der Waals surface area contributed by atoms with Crippen LogP contribution in [-0.2, 0) is 19.4 Å². The van der Waals surface area contributed by atoms with Crippen LogP contribution < -0.4 is 0 Å². The summed E-state index contributed by atoms with van der Waals surface area (Å²) in [6, 6.07) is 26.6. The molecule has 4 rings (SSSR count). The van der Waals surface area contributed by atoms with Crippen LogP contribution in [0.5, 0.6) is 0 Å². The highest BCUT2D eigenvalue weighted by molar-refractivity contribution is 14.1. The molecule has 1 fully saturated rings. The van der Waals surface area contributed by atoms with Gasteiger partial charge in [0.2, 0.25) is 5.91 Å². The lowest BCUT2D eigenvalue weighted by atomic mass is 9.90. The van der Waals surface area contributed by atoms with Gasteiger partial charge in [-0.3, -0.25) is 4.79 Å². The third-order valence-electron chi connectivity index (χ3n) is 6.09. The average Bonchev–Trinajstić information content (AvgIpc) is 3.18. The van der Waals surface area contributed by atoms with Crippen molar-refractivity contribution in [1.82, 2.24) is 4.90 Å². The van der Waals surface area contributed by atoms with Crippen LogP contribution in [0.1, 0.15) is 23.5 Å². The van der Waals surface area contributed by atoms with E-state index in [-0.39, 0.29) is 29.5 Å². The molecule has 34 heavy (non-hydrogen) atoms. The van der Waals surface area contributed by atoms with Crippen molar-refractivity contribution in [2.24, 2.45) is 5.92 Å². The van der Waals surface area contributed by atoms with Gasteiger partial charge in [0.05, 0.1) is 16.6 Å². The Bertz CT molecular complexity index is 1230. The van der Waals surface area contributed by atoms with E-state index in [4.69, 9.17) is 0 Å². The Balaban J connectivity index is 1.68. The second-order valence-corrected chi connectivity index (χ2v) is 12.3. The van der Waals surface area contributed by atoms with Crippen molar-refractivity contribution < 1.29 is 23.1 Å². The number of carboxylic acid groups (broad SMARTS) is 1. The van der Waals surface area contributed by atoms with Gasteiger partial charge in [0, 0.05) is 6.54 Å². The van der Waals surface area contributed by atoms with Gasteiger partial charge in [-0.1, -0.05) is 78.9 Å². The molecule has 1 N–H and O–H groups in total. The molecule has 1 amide bonds. The summed E-state index contributed by atoms with van der Waals surface area (Å²) >= 11 is 1.80. The van der Waals surface area contributed by atoms with Crippen molar-refractivity contribution in [1.29, 1.82) is 0 Å². The summed E-state index contributed by atoms with van der Waals surface area (Å²) < 4.78 is 24.4. The summed E-state index contributed by atoms with van der Waals surface area (Å²) in [5.41, 5.74) is 1.51. The van der Waals surface area contributed by atoms with E-state index < -0.39 is 31.2 Å². The molecule has 0 spiro atoms. The predicted molar refractivity (Wildman–Crippen MR) is 137 cm³/mol. The van der Waals surface area contributed by atoms with Crippen LogP contribution in [0.2, 0.25) is 0 Å². The highest BCUT2D eigenvalue weighted by atomic mass is 127. The number of hydrogen-bond acceptors (Lipinski definition) is 4. The summed E-state index contributed by atoms with van der Waals surface area (Å²) in [6.45, 7) is 0.0519. The van der Waals surface area contributed by atoms with E-state index >= 15 is 0 Å². The zero-order valence-corrected chi connectivity index (χ0v) is 21.2. The minimum Gasteiger partial charge on any atom is -0.479 e. The molecular weight excluding hydrogens is 565 g/mol. The van der Waals surface area contributed by atoms with Crippen molar-refractivity contribution >= 4 is 44.3 Å². The van der Waals surface area contributed by atoms with Gasteiger partial charge in [-0.05, 0) is 58.2 Å². The molecule has 2 atom stereocenters. The van der Waals surface area contributed by atoms with E-state index in [0.717, 1.165) is 11.1 Å². The molecule has 1 heterocycles. The molecule has 8 heteroatoms. The third-order valence-corrected chi connectivity index (χ3v) is 9.48. The van der Waals surface area contributed by atoms with Crippen molar-refractivity contribution in [3.05, 3.63) is 102 Å². The zero-order valence-electron chi connectivity index (χ0n) is 18.2. The Morgan fingerprint density at radius 1 is 0.912 bits per heavy atom. The van der Waals surface area contributed by atoms with Crippen molar-refractivity contribution in [3.63, 3.8) is 0 Å². The van der Waals surface area contributed by atoms with Crippen LogP contribution in [0.25, 0.3) is 0 Å². The molecule has 3 aromatic rings. The van der Waals surface area contributed by atoms with E-state index in [0.29, 0.717) is 0 Å². The smallest absolute Gasteiger partial charge is 0.340 e. The number of carbonyl (C=O) groups is 2. The zero-order chi connectivity index (χ0) is 24.3. The summed E-state index contributed by atoms with van der Waals surface area (Å²) in [7, 11) is -3.63. The van der Waals surface area contributed by atoms with Crippen LogP contribution >= 0.6 is 22.6 Å². The first kappa shape index (κ1) is 24.4. The highest BCUT2D eigenvalue weighted by Crippen LogP contribution is 2.43. The fourth-order valence-electron chi connectivity index (χ4n) is 4.50. The number of carboxylic acids is 1. The molecule has 0 bridgehead atoms. The van der Waals surface area contributed by atoms with Gasteiger partial charge in [-0.25, -0.2) is 13.2 Å². The first-order chi connectivity index (χ1) is 16.2. The number of alkyl halides is 1. The summed E-state index contributed by atoms with van der Waals surface area (Å²) in [5.74, 6) is -2.93. The first-order valence-corrected chi connectivity index (χ1v) is 13.6. The largest absolute Gasteiger partial charge is 0.479 e. The number of halogens is 1. The number of rotatable bonds is 7. The lowest BCUT2D eigenvalue weighted by Crippen LogP contribution is -2.50. The number of benzene rings is 3. The maximum atomic E-state index is 14.0. The molecule has 0 aromatic heterocycles. The quantitative estimate of drug-likeness (QED) is 0.251. The second kappa shape index (κ2) is 9.87. The van der Waals surface area contributed by atoms with Gasteiger partial charge in [0.15, 0.2) is 13.4 Å². The van der Waals surface area contributed by atoms with Crippen molar-refractivity contribution in [2.45, 2.75) is 20.8 Å². The molecule has 0 aliphatic carbocycles. The molecular formula is C26H24INO5S. The summed E-state index contributed by atoms with van der Waals surface area (Å²) in [5, 5.41) is 10.1. The van der Waals surface area contributed by atoms with Crippen LogP contribution in [0, 0.1) is 5.92 Å². The molecule has 3 aromatic carbocycles. The maximum Gasteiger partial charge on any atom is 0.340 e. The van der Waals surface area contributed by atoms with E-state index in [9.17, 15) is 23.1 Å². The first-order valence-electron chi connectivity index (χ1n) is 10.8. The van der Waals surface area contributed by atoms with Crippen LogP contribution in [0.3, 0.4) is 0 Å². The van der Waals surface area contributed by atoms with Gasteiger partial charge in [0.1, 0.15) is 0 Å². The molecule has 1 aliphatic rings. The third kappa shape index (κ3) is 4.88. The molecule has 0 saturated carbocycles. The van der Waals surface area contributed by atoms with Crippen molar-refractivity contribution in [3.8, 4) is 0 Å². The Kier molecular flexibility index (Phi) is 7.09. The molecule has 0 radical (unpaired) electrons. The Morgan fingerprint density at radius 2 is 1.38 bits per heavy atom. The van der Waals surface area contributed by atoms with Crippen LogP contribution in [0.4, 0.5) is 0 Å². The Labute approximate surface area is 212 Å². The molecule has 176 valence electrons. The lowest BCUT2D eigenvalue weighted by Gasteiger charge is -2.33. The number of sulfone groups is 1. The Hall–Kier alpha value is -2.72. The number of aliphatic carboxylic acids is 1. The van der Waals surface area contributed by atoms with Gasteiger partial charge in [-0.2, -0.15) is 0 Å². The summed E-state index contributed by atoms with van der Waals surface area (Å²) in [6.07, 6.45) is 0.0526. The number of carbonyl (C=O) groups excluding carboxylic acids is 1. The average molecular weight is 589 g/mol. The predicted octanol–water partition coefficient (Wildman–Crippen LogP) is 4.36. The van der Waals surface area contributed by atoms with Gasteiger partial charge in [-0.15, -0.1) is 0 Å². The fourth-order valence-corrected chi connectivity index (χ4v) is 7.16. The van der Waals surface area contributed by atoms with Crippen LogP contribution in [-0.4, -0.2) is 46.1 Å². The molecule has 6 nitrogen and oxygen atoms in total. The number of nitrogens with zero attached hydrogens (tertiary/aromatic N) is 1. The van der Waals surface area contributed by atoms with E-state index in [1.54, 1.807) is 40.8 Å². The second-order valence-electron chi connectivity index (χ2n) is 8.43. The molecule has 1 saturated heterocycles. The SMILES string of the molecule is O=C(C(c1ccccc1)c1ccccc1)N1C[C@@H](CS(=O)(=O)c2ccccc2)C[C@]1(I)C(=O)O. The number of likely N-dealkylation sites (tertiary alicyclic amines) is 1. The van der Waals surface area contributed by atoms with E-state index in [1.165, 1.54) is 17.0 Å². The molecule has 1 aliphatic heterocycles. The topological polar surface area (TPSA) is 91.8 Å². The maximum absolute atomic E-state index is 14.0. The molecule has 0 unspecified atom stereocenters.